The molecule has 0 saturated heterocycles. The van der Waals surface area contributed by atoms with E-state index in [-0.39, 0.29) is 32.3 Å². The van der Waals surface area contributed by atoms with Crippen molar-refractivity contribution in [3.63, 3.8) is 0 Å². The Labute approximate surface area is 208 Å². The first-order chi connectivity index (χ1) is 16.4. The molecule has 0 fully saturated rings. The lowest BCUT2D eigenvalue weighted by molar-refractivity contribution is -0.154. The highest BCUT2D eigenvalue weighted by molar-refractivity contribution is 7.47. The highest BCUT2D eigenvalue weighted by atomic mass is 31.2. The summed E-state index contributed by atoms with van der Waals surface area (Å²) in [6, 6.07) is 0. The van der Waals surface area contributed by atoms with Crippen molar-refractivity contribution in [3.8, 4) is 0 Å². The van der Waals surface area contributed by atoms with Crippen LogP contribution >= 0.6 is 7.82 Å². The molecule has 0 aromatic carbocycles. The Morgan fingerprint density at radius 1 is 0.765 bits per heavy atom. The zero-order valence-electron chi connectivity index (χ0n) is 21.8. The first-order valence-corrected chi connectivity index (χ1v) is 15.0. The third-order valence-corrected chi connectivity index (χ3v) is 6.51. The molecule has 0 aliphatic carbocycles. The second kappa shape index (κ2) is 24.2. The number of esters is 1. The van der Waals surface area contributed by atoms with Crippen molar-refractivity contribution in [2.24, 2.45) is 5.73 Å². The fourth-order valence-corrected chi connectivity index (χ4v) is 4.29. The Kier molecular flexibility index (Phi) is 23.8. The molecule has 0 aromatic rings. The van der Waals surface area contributed by atoms with Gasteiger partial charge in [-0.25, -0.2) is 4.57 Å². The summed E-state index contributed by atoms with van der Waals surface area (Å²) in [7, 11) is -4.24. The molecule has 0 aromatic heterocycles. The molecule has 0 rings (SSSR count). The van der Waals surface area contributed by atoms with Crippen LogP contribution in [0.2, 0.25) is 0 Å². The van der Waals surface area contributed by atoms with Gasteiger partial charge in [-0.1, -0.05) is 97.3 Å². The quantitative estimate of drug-likeness (QED) is 0.0794. The van der Waals surface area contributed by atoms with Crippen molar-refractivity contribution in [1.29, 1.82) is 0 Å². The zero-order valence-corrected chi connectivity index (χ0v) is 22.7. The summed E-state index contributed by atoms with van der Waals surface area (Å²) in [6.45, 7) is 4.83. The van der Waals surface area contributed by atoms with Crippen LogP contribution in [0, 0.1) is 0 Å². The average Bonchev–Trinajstić information content (AvgIpc) is 2.81. The van der Waals surface area contributed by atoms with Crippen LogP contribution in [0.15, 0.2) is 0 Å². The molecule has 0 amide bonds. The number of unbranched alkanes of at least 4 members (excludes halogenated alkanes) is 13. The second-order valence-electron chi connectivity index (χ2n) is 8.92. The maximum absolute atomic E-state index is 12.3. The average molecular weight is 510 g/mol. The summed E-state index contributed by atoms with van der Waals surface area (Å²) in [6.07, 6.45) is 17.0. The van der Waals surface area contributed by atoms with Gasteiger partial charge in [0.2, 0.25) is 0 Å². The van der Waals surface area contributed by atoms with Gasteiger partial charge in [-0.3, -0.25) is 13.8 Å². The fraction of sp³-hybridized carbons (Fsp3) is 0.960. The van der Waals surface area contributed by atoms with E-state index in [9.17, 15) is 14.3 Å². The first kappa shape index (κ1) is 33.5. The van der Waals surface area contributed by atoms with E-state index in [1.54, 1.807) is 0 Å². The van der Waals surface area contributed by atoms with Gasteiger partial charge in [-0.15, -0.1) is 0 Å². The molecule has 3 N–H and O–H groups in total. The van der Waals surface area contributed by atoms with Crippen molar-refractivity contribution in [3.05, 3.63) is 0 Å². The molecule has 0 radical (unpaired) electrons. The van der Waals surface area contributed by atoms with Crippen LogP contribution in [0.5, 0.6) is 0 Å². The standard InChI is InChI=1S/C25H52NO7P/c1-3-5-7-9-11-12-13-14-16-18-25(27)33-24(23-32-34(28,29)31-21-19-26)22-30-20-17-15-10-8-6-4-2/h24H,3-23,26H2,1-2H3,(H,28,29). The van der Waals surface area contributed by atoms with Gasteiger partial charge in [0.15, 0.2) is 0 Å². The SMILES string of the molecule is CCCCCCCCCCCC(=O)OC(COCCCCCCCC)COP(=O)(O)OCCN. The van der Waals surface area contributed by atoms with Gasteiger partial charge in [0.05, 0.1) is 19.8 Å². The largest absolute Gasteiger partial charge is 0.472 e. The minimum Gasteiger partial charge on any atom is -0.457 e. The lowest BCUT2D eigenvalue weighted by Crippen LogP contribution is -2.28. The number of hydrogen-bond acceptors (Lipinski definition) is 7. The van der Waals surface area contributed by atoms with Gasteiger partial charge in [-0.05, 0) is 12.8 Å². The van der Waals surface area contributed by atoms with Crippen LogP contribution in [0.4, 0.5) is 0 Å². The van der Waals surface area contributed by atoms with Crippen molar-refractivity contribution < 1.29 is 32.8 Å². The molecular formula is C25H52NO7P. The summed E-state index contributed by atoms with van der Waals surface area (Å²) in [5.74, 6) is -0.338. The van der Waals surface area contributed by atoms with Gasteiger partial charge in [0.25, 0.3) is 0 Å². The molecule has 0 bridgehead atoms. The Bertz CT molecular complexity index is 508. The monoisotopic (exact) mass is 509 g/mol. The highest BCUT2D eigenvalue weighted by Gasteiger charge is 2.25. The molecule has 0 aliphatic rings. The molecule has 8 nitrogen and oxygen atoms in total. The van der Waals surface area contributed by atoms with Crippen LogP contribution in [-0.2, 0) is 27.9 Å². The topological polar surface area (TPSA) is 117 Å². The molecule has 0 aliphatic heterocycles. The summed E-state index contributed by atoms with van der Waals surface area (Å²) < 4.78 is 32.8. The summed E-state index contributed by atoms with van der Waals surface area (Å²) in [5, 5.41) is 0. The zero-order chi connectivity index (χ0) is 25.3. The Morgan fingerprint density at radius 3 is 1.85 bits per heavy atom. The van der Waals surface area contributed by atoms with E-state index in [1.807, 2.05) is 0 Å². The van der Waals surface area contributed by atoms with E-state index in [2.05, 4.69) is 13.8 Å². The van der Waals surface area contributed by atoms with Crippen LogP contribution in [-0.4, -0.2) is 49.9 Å². The molecule has 2 atom stereocenters. The third-order valence-electron chi connectivity index (χ3n) is 5.52. The van der Waals surface area contributed by atoms with Gasteiger partial charge in [0, 0.05) is 19.6 Å². The minimum atomic E-state index is -4.24. The predicted octanol–water partition coefficient (Wildman–Crippen LogP) is 6.29. The Morgan fingerprint density at radius 2 is 1.29 bits per heavy atom. The Hall–Kier alpha value is -0.500. The number of hydrogen-bond donors (Lipinski definition) is 2. The van der Waals surface area contributed by atoms with E-state index >= 15 is 0 Å². The number of phosphoric acid groups is 1. The van der Waals surface area contributed by atoms with Gasteiger partial charge >= 0.3 is 13.8 Å². The van der Waals surface area contributed by atoms with E-state index in [0.717, 1.165) is 32.1 Å². The highest BCUT2D eigenvalue weighted by Crippen LogP contribution is 2.43. The smallest absolute Gasteiger partial charge is 0.457 e. The van der Waals surface area contributed by atoms with E-state index in [4.69, 9.17) is 24.3 Å². The van der Waals surface area contributed by atoms with Gasteiger partial charge < -0.3 is 20.1 Å². The fourth-order valence-electron chi connectivity index (χ4n) is 3.52. The van der Waals surface area contributed by atoms with Crippen molar-refractivity contribution in [2.45, 2.75) is 123 Å². The summed E-state index contributed by atoms with van der Waals surface area (Å²) >= 11 is 0. The molecule has 0 spiro atoms. The maximum atomic E-state index is 12.3. The van der Waals surface area contributed by atoms with Crippen LogP contribution in [0.3, 0.4) is 0 Å². The molecule has 204 valence electrons. The van der Waals surface area contributed by atoms with Crippen molar-refractivity contribution in [1.82, 2.24) is 0 Å². The number of carbonyl (C=O) groups excluding carboxylic acids is 1. The second-order valence-corrected chi connectivity index (χ2v) is 10.4. The maximum Gasteiger partial charge on any atom is 0.472 e. The molecule has 9 heteroatoms. The molecule has 2 unspecified atom stereocenters. The van der Waals surface area contributed by atoms with E-state index in [1.165, 1.54) is 64.2 Å². The molecule has 34 heavy (non-hydrogen) atoms. The van der Waals surface area contributed by atoms with E-state index in [0.29, 0.717) is 13.0 Å². The lowest BCUT2D eigenvalue weighted by atomic mass is 10.1. The van der Waals surface area contributed by atoms with Crippen molar-refractivity contribution in [2.75, 3.05) is 33.0 Å². The number of nitrogens with two attached hydrogens (primary N) is 1. The molecule has 0 saturated carbocycles. The third kappa shape index (κ3) is 23.3. The van der Waals surface area contributed by atoms with Crippen LogP contribution in [0.25, 0.3) is 0 Å². The summed E-state index contributed by atoms with van der Waals surface area (Å²) in [4.78, 5) is 22.0. The molecular weight excluding hydrogens is 457 g/mol. The van der Waals surface area contributed by atoms with Crippen LogP contribution in [0.1, 0.15) is 117 Å². The molecule has 0 heterocycles. The number of ether oxygens (including phenoxy) is 2. The number of carbonyl (C=O) groups is 1. The van der Waals surface area contributed by atoms with Gasteiger partial charge in [0.1, 0.15) is 6.10 Å². The first-order valence-electron chi connectivity index (χ1n) is 13.5. The minimum absolute atomic E-state index is 0.0919. The lowest BCUT2D eigenvalue weighted by Gasteiger charge is -2.20. The number of rotatable bonds is 26. The van der Waals surface area contributed by atoms with Crippen LogP contribution < -0.4 is 5.73 Å². The van der Waals surface area contributed by atoms with Gasteiger partial charge in [-0.2, -0.15) is 0 Å². The predicted molar refractivity (Wildman–Crippen MR) is 137 cm³/mol. The summed E-state index contributed by atoms with van der Waals surface area (Å²) in [5.41, 5.74) is 5.29. The number of phosphoric ester groups is 1. The normalized spacial score (nSPS) is 14.1. The van der Waals surface area contributed by atoms with Crippen molar-refractivity contribution >= 4 is 13.8 Å². The van der Waals surface area contributed by atoms with E-state index < -0.39 is 13.9 Å². The Balaban J connectivity index is 4.22.